The first-order valence-electron chi connectivity index (χ1n) is 13.2. The van der Waals surface area contributed by atoms with E-state index in [1.165, 1.54) is 23.5 Å². The van der Waals surface area contributed by atoms with Gasteiger partial charge in [0.05, 0.1) is 22.1 Å². The van der Waals surface area contributed by atoms with Gasteiger partial charge in [-0.05, 0) is 68.9 Å². The SMILES string of the molecule is CC(C)(C)C1CN(C(C2=CCCC=N2)C2CC=C(Cl)C(Cl)C2)CCN1C(=S)CC1CCNCC1. The minimum Gasteiger partial charge on any atom is -0.360 e. The van der Waals surface area contributed by atoms with E-state index in [0.717, 1.165) is 75.8 Å². The fourth-order valence-corrected chi connectivity index (χ4v) is 7.07. The fraction of sp³-hybridized carbons (Fsp3) is 0.778. The molecule has 0 amide bonds. The van der Waals surface area contributed by atoms with Crippen molar-refractivity contribution in [1.29, 1.82) is 0 Å². The summed E-state index contributed by atoms with van der Waals surface area (Å²) >= 11 is 19.1. The number of aliphatic imine (C=N–C) groups is 1. The number of halogens is 2. The van der Waals surface area contributed by atoms with E-state index in [2.05, 4.69) is 54.3 Å². The Morgan fingerprint density at radius 1 is 1.21 bits per heavy atom. The van der Waals surface area contributed by atoms with E-state index < -0.39 is 0 Å². The molecule has 4 atom stereocenters. The topological polar surface area (TPSA) is 30.9 Å². The summed E-state index contributed by atoms with van der Waals surface area (Å²) in [4.78, 5) is 11.3. The number of nitrogens with zero attached hydrogens (tertiary/aromatic N) is 3. The molecule has 0 aromatic carbocycles. The molecule has 0 bridgehead atoms. The average Bonchev–Trinajstić information content (AvgIpc) is 2.82. The van der Waals surface area contributed by atoms with Gasteiger partial charge in [-0.15, -0.1) is 11.6 Å². The van der Waals surface area contributed by atoms with Crippen LogP contribution in [0.2, 0.25) is 0 Å². The van der Waals surface area contributed by atoms with Crippen molar-refractivity contribution in [3.05, 3.63) is 22.9 Å². The quantitative estimate of drug-likeness (QED) is 0.353. The summed E-state index contributed by atoms with van der Waals surface area (Å²) in [5, 5.41) is 4.20. The van der Waals surface area contributed by atoms with E-state index in [1.54, 1.807) is 0 Å². The van der Waals surface area contributed by atoms with E-state index in [4.69, 9.17) is 40.4 Å². The van der Waals surface area contributed by atoms with Crippen LogP contribution in [0, 0.1) is 17.3 Å². The lowest BCUT2D eigenvalue weighted by Crippen LogP contribution is -2.62. The predicted molar refractivity (Wildman–Crippen MR) is 150 cm³/mol. The molecule has 3 heterocycles. The highest BCUT2D eigenvalue weighted by Crippen LogP contribution is 2.39. The summed E-state index contributed by atoms with van der Waals surface area (Å²) in [6, 6.07) is 0.671. The Hall–Kier alpha value is -0.460. The van der Waals surface area contributed by atoms with Crippen LogP contribution < -0.4 is 5.32 Å². The summed E-state index contributed by atoms with van der Waals surface area (Å²) in [5.41, 5.74) is 1.36. The number of thiocarbonyl (C=S) groups is 1. The third-order valence-corrected chi connectivity index (χ3v) is 9.45. The molecule has 2 fully saturated rings. The highest BCUT2D eigenvalue weighted by Gasteiger charge is 2.42. The molecule has 4 aliphatic rings. The van der Waals surface area contributed by atoms with E-state index in [9.17, 15) is 0 Å². The molecule has 2 saturated heterocycles. The van der Waals surface area contributed by atoms with Crippen LogP contribution >= 0.6 is 35.4 Å². The monoisotopic (exact) mass is 524 g/mol. The summed E-state index contributed by atoms with van der Waals surface area (Å²) in [6.07, 6.45) is 14.1. The lowest BCUT2D eigenvalue weighted by atomic mass is 9.80. The van der Waals surface area contributed by atoms with Crippen LogP contribution in [0.5, 0.6) is 0 Å². The van der Waals surface area contributed by atoms with Crippen LogP contribution in [0.3, 0.4) is 0 Å². The molecule has 4 unspecified atom stereocenters. The number of rotatable bonds is 5. The Morgan fingerprint density at radius 3 is 2.62 bits per heavy atom. The Bertz CT molecular complexity index is 812. The first-order valence-corrected chi connectivity index (χ1v) is 14.4. The summed E-state index contributed by atoms with van der Waals surface area (Å²) in [5.74, 6) is 1.15. The molecule has 0 radical (unpaired) electrons. The maximum Gasteiger partial charge on any atom is 0.0785 e. The van der Waals surface area contributed by atoms with Gasteiger partial charge < -0.3 is 10.2 Å². The molecule has 7 heteroatoms. The smallest absolute Gasteiger partial charge is 0.0785 e. The third-order valence-electron chi connectivity index (χ3n) is 8.11. The number of alkyl halides is 1. The highest BCUT2D eigenvalue weighted by atomic mass is 35.5. The second-order valence-corrected chi connectivity index (χ2v) is 13.0. The number of piperazine rings is 1. The zero-order chi connectivity index (χ0) is 24.3. The number of piperidine rings is 1. The Morgan fingerprint density at radius 2 is 1.97 bits per heavy atom. The number of hydrogen-bond acceptors (Lipinski definition) is 4. The Balaban J connectivity index is 1.53. The van der Waals surface area contributed by atoms with Gasteiger partial charge >= 0.3 is 0 Å². The van der Waals surface area contributed by atoms with Crippen LogP contribution in [-0.2, 0) is 0 Å². The van der Waals surface area contributed by atoms with Crippen molar-refractivity contribution in [3.63, 3.8) is 0 Å². The minimum absolute atomic E-state index is 0.0895. The molecule has 0 spiro atoms. The van der Waals surface area contributed by atoms with Crippen LogP contribution in [0.1, 0.15) is 65.7 Å². The summed E-state index contributed by atoms with van der Waals surface area (Å²) < 4.78 is 0. The molecule has 0 aromatic heterocycles. The fourth-order valence-electron chi connectivity index (χ4n) is 6.12. The van der Waals surface area contributed by atoms with Gasteiger partial charge in [-0.2, -0.15) is 0 Å². The van der Waals surface area contributed by atoms with Gasteiger partial charge in [0.15, 0.2) is 0 Å². The van der Waals surface area contributed by atoms with Crippen molar-refractivity contribution in [2.75, 3.05) is 32.7 Å². The van der Waals surface area contributed by atoms with E-state index >= 15 is 0 Å². The van der Waals surface area contributed by atoms with E-state index in [0.29, 0.717) is 12.0 Å². The molecule has 4 rings (SSSR count). The third kappa shape index (κ3) is 6.45. The molecule has 0 saturated carbocycles. The van der Waals surface area contributed by atoms with Crippen molar-refractivity contribution in [2.24, 2.45) is 22.2 Å². The largest absolute Gasteiger partial charge is 0.360 e. The molecule has 1 N–H and O–H groups in total. The molecular weight excluding hydrogens is 483 g/mol. The minimum atomic E-state index is -0.0895. The van der Waals surface area contributed by atoms with Crippen LogP contribution in [0.4, 0.5) is 0 Å². The second kappa shape index (κ2) is 11.7. The first-order chi connectivity index (χ1) is 16.2. The molecule has 1 aliphatic carbocycles. The van der Waals surface area contributed by atoms with Gasteiger partial charge in [-0.1, -0.05) is 56.7 Å². The normalized spacial score (nSPS) is 30.6. The first kappa shape index (κ1) is 26.6. The standard InChI is InChI=1S/C27H42Cl2N4S/c1-27(2,3)24-18-32(14-15-33(24)25(34)16-19-9-12-30-13-10-19)26(23-6-4-5-11-31-23)20-7-8-21(28)22(29)17-20/h6,8,11,19-20,22,24,26,30H,4-5,7,9-10,12-18H2,1-3H3. The van der Waals surface area contributed by atoms with E-state index in [1.807, 2.05) is 0 Å². The zero-order valence-electron chi connectivity index (χ0n) is 21.1. The van der Waals surface area contributed by atoms with Gasteiger partial charge in [0.25, 0.3) is 0 Å². The lowest BCUT2D eigenvalue weighted by Gasteiger charge is -2.52. The second-order valence-electron chi connectivity index (χ2n) is 11.6. The molecular formula is C27H42Cl2N4S. The van der Waals surface area contributed by atoms with Crippen LogP contribution in [-0.4, -0.2) is 71.2 Å². The Kier molecular flexibility index (Phi) is 9.17. The maximum atomic E-state index is 6.64. The summed E-state index contributed by atoms with van der Waals surface area (Å²) in [7, 11) is 0. The van der Waals surface area contributed by atoms with Crippen LogP contribution in [0.15, 0.2) is 27.9 Å². The number of allylic oxidation sites excluding steroid dienone is 3. The number of nitrogens with one attached hydrogen (secondary N) is 1. The molecule has 0 aromatic rings. The van der Waals surface area contributed by atoms with Crippen molar-refractivity contribution >= 4 is 46.6 Å². The van der Waals surface area contributed by atoms with Crippen molar-refractivity contribution in [1.82, 2.24) is 15.1 Å². The van der Waals surface area contributed by atoms with E-state index in [-0.39, 0.29) is 16.8 Å². The maximum absolute atomic E-state index is 6.64. The van der Waals surface area contributed by atoms with Gasteiger partial charge in [0.2, 0.25) is 0 Å². The Labute approximate surface area is 222 Å². The average molecular weight is 526 g/mol. The number of hydrogen-bond donors (Lipinski definition) is 1. The molecule has 3 aliphatic heterocycles. The lowest BCUT2D eigenvalue weighted by molar-refractivity contribution is 0.0291. The summed E-state index contributed by atoms with van der Waals surface area (Å²) in [6.45, 7) is 12.4. The van der Waals surface area contributed by atoms with Gasteiger partial charge in [0.1, 0.15) is 0 Å². The molecule has 34 heavy (non-hydrogen) atoms. The molecule has 4 nitrogen and oxygen atoms in total. The van der Waals surface area contributed by atoms with Crippen molar-refractivity contribution < 1.29 is 0 Å². The van der Waals surface area contributed by atoms with Crippen LogP contribution in [0.25, 0.3) is 0 Å². The van der Waals surface area contributed by atoms with Gasteiger partial charge in [-0.25, -0.2) is 0 Å². The van der Waals surface area contributed by atoms with Crippen molar-refractivity contribution in [3.8, 4) is 0 Å². The van der Waals surface area contributed by atoms with Crippen molar-refractivity contribution in [2.45, 2.75) is 83.2 Å². The highest BCUT2D eigenvalue weighted by molar-refractivity contribution is 7.80. The molecule has 190 valence electrons. The predicted octanol–water partition coefficient (Wildman–Crippen LogP) is 5.99. The zero-order valence-corrected chi connectivity index (χ0v) is 23.4. The van der Waals surface area contributed by atoms with Gasteiger partial charge in [0, 0.05) is 43.3 Å². The van der Waals surface area contributed by atoms with Gasteiger partial charge in [-0.3, -0.25) is 9.89 Å².